The van der Waals surface area contributed by atoms with Gasteiger partial charge in [-0.1, -0.05) is 0 Å². The Hall–Kier alpha value is -1.96. The number of hydrogen-bond acceptors (Lipinski definition) is 3. The van der Waals surface area contributed by atoms with Crippen LogP contribution in [0.3, 0.4) is 0 Å². The molecule has 146 valence electrons. The van der Waals surface area contributed by atoms with E-state index >= 15 is 0 Å². The molecule has 8 heteroatoms. The topological polar surface area (TPSA) is 51.1 Å². The normalized spacial score (nSPS) is 11.6. The average Bonchev–Trinajstić information content (AvgIpc) is 2.83. The molecule has 27 heavy (non-hydrogen) atoms. The third kappa shape index (κ3) is 3.85. The molecular weight excluding hydrogens is 394 g/mol. The predicted octanol–water partition coefficient (Wildman–Crippen LogP) is 3.78. The van der Waals surface area contributed by atoms with Gasteiger partial charge in [0.15, 0.2) is 0 Å². The van der Waals surface area contributed by atoms with E-state index in [0.717, 1.165) is 47.3 Å². The number of benzene rings is 2. The standard InChI is InChI=1S/C19H20F2N2O2S.ClH/c1-12-17(6-7-22-2)18-11-15(4-5-19(18)23(12)3)26(24,25)16-9-13(20)8-14(21)10-16;/h4-5,8-11,22H,6-7H2,1-3H3;1H. The lowest BCUT2D eigenvalue weighted by molar-refractivity contribution is 0.567. The Bertz CT molecular complexity index is 1070. The van der Waals surface area contributed by atoms with Crippen molar-refractivity contribution in [3.05, 3.63) is 59.3 Å². The Kier molecular flexibility index (Phi) is 6.29. The van der Waals surface area contributed by atoms with E-state index in [9.17, 15) is 17.2 Å². The fourth-order valence-electron chi connectivity index (χ4n) is 3.18. The van der Waals surface area contributed by atoms with E-state index in [2.05, 4.69) is 5.32 Å². The van der Waals surface area contributed by atoms with Gasteiger partial charge >= 0.3 is 0 Å². The van der Waals surface area contributed by atoms with Crippen LogP contribution in [-0.4, -0.2) is 26.6 Å². The quantitative estimate of drug-likeness (QED) is 0.691. The van der Waals surface area contributed by atoms with Crippen molar-refractivity contribution in [2.75, 3.05) is 13.6 Å². The number of halogens is 3. The monoisotopic (exact) mass is 414 g/mol. The fraction of sp³-hybridized carbons (Fsp3) is 0.263. The molecule has 1 heterocycles. The Morgan fingerprint density at radius 1 is 1.04 bits per heavy atom. The number of hydrogen-bond donors (Lipinski definition) is 1. The summed E-state index contributed by atoms with van der Waals surface area (Å²) in [6.07, 6.45) is 0.748. The molecule has 2 aromatic carbocycles. The van der Waals surface area contributed by atoms with Gasteiger partial charge in [0.1, 0.15) is 11.6 Å². The molecule has 0 spiro atoms. The number of likely N-dealkylation sites (N-methyl/N-ethyl adjacent to an activating group) is 1. The SMILES string of the molecule is CNCCc1c(C)n(C)c2ccc(S(=O)(=O)c3cc(F)cc(F)c3)cc12.Cl. The molecule has 0 aliphatic rings. The first-order valence-electron chi connectivity index (χ1n) is 8.19. The summed E-state index contributed by atoms with van der Waals surface area (Å²) in [7, 11) is -0.238. The number of aromatic nitrogens is 1. The summed E-state index contributed by atoms with van der Waals surface area (Å²) in [6.45, 7) is 2.74. The molecule has 0 amide bonds. The summed E-state index contributed by atoms with van der Waals surface area (Å²) in [5.74, 6) is -1.84. The van der Waals surface area contributed by atoms with Crippen LogP contribution in [0.25, 0.3) is 10.9 Å². The van der Waals surface area contributed by atoms with Crippen LogP contribution >= 0.6 is 12.4 Å². The lowest BCUT2D eigenvalue weighted by atomic mass is 10.1. The number of fused-ring (bicyclic) bond motifs is 1. The Balaban J connectivity index is 0.00000261. The largest absolute Gasteiger partial charge is 0.348 e. The van der Waals surface area contributed by atoms with Crippen LogP contribution in [0.5, 0.6) is 0 Å². The average molecular weight is 415 g/mol. The molecule has 0 saturated heterocycles. The van der Waals surface area contributed by atoms with Crippen molar-refractivity contribution in [1.29, 1.82) is 0 Å². The van der Waals surface area contributed by atoms with Gasteiger partial charge in [-0.2, -0.15) is 0 Å². The van der Waals surface area contributed by atoms with Gasteiger partial charge in [0, 0.05) is 29.7 Å². The maximum atomic E-state index is 13.5. The Labute approximate surface area is 163 Å². The molecule has 3 rings (SSSR count). The first-order chi connectivity index (χ1) is 12.3. The summed E-state index contributed by atoms with van der Waals surface area (Å²) in [6, 6.07) is 7.11. The first kappa shape index (κ1) is 21.3. The van der Waals surface area contributed by atoms with Crippen LogP contribution in [-0.2, 0) is 23.3 Å². The van der Waals surface area contributed by atoms with Crippen LogP contribution in [0.2, 0.25) is 0 Å². The minimum Gasteiger partial charge on any atom is -0.348 e. The number of sulfone groups is 1. The zero-order chi connectivity index (χ0) is 19.1. The molecule has 0 bridgehead atoms. The van der Waals surface area contributed by atoms with Gasteiger partial charge in [0.2, 0.25) is 9.84 Å². The second-order valence-corrected chi connectivity index (χ2v) is 8.21. The minimum atomic E-state index is -4.02. The van der Waals surface area contributed by atoms with Crippen LogP contribution in [0.1, 0.15) is 11.3 Å². The highest BCUT2D eigenvalue weighted by molar-refractivity contribution is 7.91. The highest BCUT2D eigenvalue weighted by Crippen LogP contribution is 2.30. The number of nitrogens with zero attached hydrogens (tertiary/aromatic N) is 1. The van der Waals surface area contributed by atoms with Crippen molar-refractivity contribution in [3.8, 4) is 0 Å². The molecule has 0 radical (unpaired) electrons. The van der Waals surface area contributed by atoms with Crippen molar-refractivity contribution in [2.45, 2.75) is 23.1 Å². The highest BCUT2D eigenvalue weighted by Gasteiger charge is 2.22. The molecule has 1 N–H and O–H groups in total. The van der Waals surface area contributed by atoms with E-state index in [4.69, 9.17) is 0 Å². The molecule has 1 aromatic heterocycles. The second kappa shape index (κ2) is 7.96. The van der Waals surface area contributed by atoms with Crippen molar-refractivity contribution in [2.24, 2.45) is 7.05 Å². The maximum absolute atomic E-state index is 13.5. The van der Waals surface area contributed by atoms with Gasteiger partial charge < -0.3 is 9.88 Å². The molecule has 0 unspecified atom stereocenters. The van der Waals surface area contributed by atoms with E-state index < -0.39 is 26.4 Å². The molecule has 3 aromatic rings. The zero-order valence-electron chi connectivity index (χ0n) is 15.2. The van der Waals surface area contributed by atoms with Crippen molar-refractivity contribution in [1.82, 2.24) is 9.88 Å². The van der Waals surface area contributed by atoms with Gasteiger partial charge in [-0.05, 0) is 62.8 Å². The third-order valence-electron chi connectivity index (χ3n) is 4.68. The number of nitrogens with one attached hydrogen (secondary N) is 1. The second-order valence-electron chi connectivity index (χ2n) is 6.26. The summed E-state index contributed by atoms with van der Waals surface area (Å²) in [4.78, 5) is -0.370. The zero-order valence-corrected chi connectivity index (χ0v) is 16.8. The van der Waals surface area contributed by atoms with E-state index in [1.807, 2.05) is 25.6 Å². The highest BCUT2D eigenvalue weighted by atomic mass is 35.5. The lowest BCUT2D eigenvalue weighted by Crippen LogP contribution is -2.11. The van der Waals surface area contributed by atoms with Gasteiger partial charge in [-0.25, -0.2) is 17.2 Å². The first-order valence-corrected chi connectivity index (χ1v) is 9.67. The van der Waals surface area contributed by atoms with Gasteiger partial charge in [-0.15, -0.1) is 12.4 Å². The lowest BCUT2D eigenvalue weighted by Gasteiger charge is -2.07. The molecule has 0 fully saturated rings. The van der Waals surface area contributed by atoms with E-state index in [1.54, 1.807) is 12.1 Å². The molecule has 0 atom stereocenters. The summed E-state index contributed by atoms with van der Waals surface area (Å²) in [5.41, 5.74) is 3.03. The maximum Gasteiger partial charge on any atom is 0.206 e. The smallest absolute Gasteiger partial charge is 0.206 e. The molecule has 0 aliphatic heterocycles. The summed E-state index contributed by atoms with van der Waals surface area (Å²) < 4.78 is 54.6. The van der Waals surface area contributed by atoms with E-state index in [-0.39, 0.29) is 17.3 Å². The summed E-state index contributed by atoms with van der Waals surface area (Å²) >= 11 is 0. The van der Waals surface area contributed by atoms with Crippen molar-refractivity contribution >= 4 is 33.1 Å². The van der Waals surface area contributed by atoms with E-state index in [0.29, 0.717) is 6.07 Å². The minimum absolute atomic E-state index is 0. The molecule has 0 saturated carbocycles. The molecule has 0 aliphatic carbocycles. The molecular formula is C19H21ClF2N2O2S. The van der Waals surface area contributed by atoms with E-state index in [1.165, 1.54) is 6.07 Å². The number of rotatable bonds is 5. The Morgan fingerprint density at radius 2 is 1.67 bits per heavy atom. The van der Waals surface area contributed by atoms with Crippen LogP contribution in [0.15, 0.2) is 46.2 Å². The van der Waals surface area contributed by atoms with Crippen molar-refractivity contribution in [3.63, 3.8) is 0 Å². The van der Waals surface area contributed by atoms with Crippen molar-refractivity contribution < 1.29 is 17.2 Å². The van der Waals surface area contributed by atoms with Gasteiger partial charge in [0.25, 0.3) is 0 Å². The Morgan fingerprint density at radius 3 is 2.26 bits per heavy atom. The van der Waals surface area contributed by atoms with Crippen LogP contribution < -0.4 is 5.32 Å². The fourth-order valence-corrected chi connectivity index (χ4v) is 4.51. The summed E-state index contributed by atoms with van der Waals surface area (Å²) in [5, 5.41) is 3.92. The third-order valence-corrected chi connectivity index (χ3v) is 6.41. The number of aryl methyl sites for hydroxylation is 1. The van der Waals surface area contributed by atoms with Crippen LogP contribution in [0, 0.1) is 18.6 Å². The predicted molar refractivity (Wildman–Crippen MR) is 104 cm³/mol. The van der Waals surface area contributed by atoms with Gasteiger partial charge in [0.05, 0.1) is 9.79 Å². The van der Waals surface area contributed by atoms with Gasteiger partial charge in [-0.3, -0.25) is 0 Å². The van der Waals surface area contributed by atoms with Crippen LogP contribution in [0.4, 0.5) is 8.78 Å². The molecule has 4 nitrogen and oxygen atoms in total.